The smallest absolute Gasteiger partial charge is 0.191 e. The molecule has 0 saturated carbocycles. The monoisotopic (exact) mass is 256 g/mol. The lowest BCUT2D eigenvalue weighted by Gasteiger charge is -2.27. The van der Waals surface area contributed by atoms with Gasteiger partial charge in [0.15, 0.2) is 5.96 Å². The summed E-state index contributed by atoms with van der Waals surface area (Å²) in [4.78, 5) is 9.24. The lowest BCUT2D eigenvalue weighted by Crippen LogP contribution is -2.42. The van der Waals surface area contributed by atoms with Crippen molar-refractivity contribution in [2.24, 2.45) is 10.7 Å². The third-order valence-corrected chi connectivity index (χ3v) is 4.38. The van der Waals surface area contributed by atoms with Crippen LogP contribution in [0.25, 0.3) is 0 Å². The minimum absolute atomic E-state index is 0.756. The van der Waals surface area contributed by atoms with E-state index in [4.69, 9.17) is 5.73 Å². The van der Waals surface area contributed by atoms with Crippen molar-refractivity contribution in [2.45, 2.75) is 19.3 Å². The number of thioether (sulfide) groups is 1. The number of guanidine groups is 1. The van der Waals surface area contributed by atoms with Crippen LogP contribution in [0.4, 0.5) is 0 Å². The van der Waals surface area contributed by atoms with Crippen LogP contribution >= 0.6 is 11.8 Å². The summed E-state index contributed by atoms with van der Waals surface area (Å²) in [5.41, 5.74) is 6.00. The maximum absolute atomic E-state index is 6.00. The van der Waals surface area contributed by atoms with Crippen molar-refractivity contribution in [3.05, 3.63) is 0 Å². The molecule has 0 amide bonds. The van der Waals surface area contributed by atoms with Gasteiger partial charge in [0.1, 0.15) is 0 Å². The Bertz CT molecular complexity index is 245. The summed E-state index contributed by atoms with van der Waals surface area (Å²) >= 11 is 2.00. The van der Waals surface area contributed by atoms with E-state index in [1.807, 2.05) is 11.8 Å². The van der Waals surface area contributed by atoms with Crippen LogP contribution in [-0.4, -0.2) is 66.5 Å². The van der Waals surface area contributed by atoms with Crippen molar-refractivity contribution in [1.29, 1.82) is 0 Å². The first-order valence-corrected chi connectivity index (χ1v) is 7.87. The van der Waals surface area contributed by atoms with Crippen molar-refractivity contribution in [3.8, 4) is 0 Å². The SMILES string of the molecule is NC(=NCCCN1CCCC1)N1CCSCC1. The van der Waals surface area contributed by atoms with Gasteiger partial charge in [-0.2, -0.15) is 11.8 Å². The predicted octanol–water partition coefficient (Wildman–Crippen LogP) is 0.836. The molecule has 0 aromatic heterocycles. The summed E-state index contributed by atoms with van der Waals surface area (Å²) in [5.74, 6) is 3.13. The van der Waals surface area contributed by atoms with Gasteiger partial charge in [-0.05, 0) is 38.9 Å². The van der Waals surface area contributed by atoms with Crippen LogP contribution in [-0.2, 0) is 0 Å². The van der Waals surface area contributed by atoms with E-state index in [1.165, 1.54) is 44.0 Å². The summed E-state index contributed by atoms with van der Waals surface area (Å²) < 4.78 is 0. The zero-order chi connectivity index (χ0) is 11.9. The van der Waals surface area contributed by atoms with Gasteiger partial charge in [-0.1, -0.05) is 0 Å². The standard InChI is InChI=1S/C12H24N4S/c13-12(16-8-10-17-11-9-16)14-4-3-7-15-5-1-2-6-15/h1-11H2,(H2,13,14). The molecule has 0 bridgehead atoms. The van der Waals surface area contributed by atoms with Gasteiger partial charge in [0.05, 0.1) is 0 Å². The van der Waals surface area contributed by atoms with Crippen molar-refractivity contribution in [3.63, 3.8) is 0 Å². The molecule has 0 aromatic carbocycles. The fourth-order valence-corrected chi connectivity index (χ4v) is 3.29. The second-order valence-corrected chi connectivity index (χ2v) is 5.97. The van der Waals surface area contributed by atoms with Crippen LogP contribution in [0.5, 0.6) is 0 Å². The zero-order valence-electron chi connectivity index (χ0n) is 10.6. The van der Waals surface area contributed by atoms with E-state index in [0.29, 0.717) is 0 Å². The van der Waals surface area contributed by atoms with Gasteiger partial charge in [-0.3, -0.25) is 4.99 Å². The average Bonchev–Trinajstić information content (AvgIpc) is 2.88. The van der Waals surface area contributed by atoms with E-state index < -0.39 is 0 Å². The molecule has 5 heteroatoms. The molecule has 2 aliphatic rings. The number of rotatable bonds is 4. The first-order chi connectivity index (χ1) is 8.36. The van der Waals surface area contributed by atoms with Gasteiger partial charge in [0, 0.05) is 31.1 Å². The summed E-state index contributed by atoms with van der Waals surface area (Å²) in [6, 6.07) is 0. The van der Waals surface area contributed by atoms with Gasteiger partial charge in [0.2, 0.25) is 0 Å². The Morgan fingerprint density at radius 2 is 1.82 bits per heavy atom. The van der Waals surface area contributed by atoms with Gasteiger partial charge < -0.3 is 15.5 Å². The highest BCUT2D eigenvalue weighted by atomic mass is 32.2. The molecule has 0 atom stereocenters. The number of aliphatic imine (C=N–C) groups is 1. The number of likely N-dealkylation sites (tertiary alicyclic amines) is 1. The number of nitrogens with two attached hydrogens (primary N) is 1. The lowest BCUT2D eigenvalue weighted by atomic mass is 10.4. The van der Waals surface area contributed by atoms with Gasteiger partial charge >= 0.3 is 0 Å². The molecule has 0 unspecified atom stereocenters. The number of nitrogens with zero attached hydrogens (tertiary/aromatic N) is 3. The van der Waals surface area contributed by atoms with E-state index in [9.17, 15) is 0 Å². The van der Waals surface area contributed by atoms with Crippen molar-refractivity contribution >= 4 is 17.7 Å². The van der Waals surface area contributed by atoms with Gasteiger partial charge in [-0.25, -0.2) is 0 Å². The predicted molar refractivity (Wildman–Crippen MR) is 75.7 cm³/mol. The van der Waals surface area contributed by atoms with Gasteiger partial charge in [-0.15, -0.1) is 0 Å². The molecule has 2 fully saturated rings. The first-order valence-electron chi connectivity index (χ1n) is 6.71. The molecule has 17 heavy (non-hydrogen) atoms. The zero-order valence-corrected chi connectivity index (χ0v) is 11.4. The van der Waals surface area contributed by atoms with Gasteiger partial charge in [0.25, 0.3) is 0 Å². The fraction of sp³-hybridized carbons (Fsp3) is 0.917. The Balaban J connectivity index is 1.61. The second-order valence-electron chi connectivity index (χ2n) is 4.74. The van der Waals surface area contributed by atoms with Crippen LogP contribution in [0.2, 0.25) is 0 Å². The minimum Gasteiger partial charge on any atom is -0.370 e. The van der Waals surface area contributed by atoms with Crippen molar-refractivity contribution < 1.29 is 0 Å². The number of hydrogen-bond donors (Lipinski definition) is 1. The molecule has 2 saturated heterocycles. The highest BCUT2D eigenvalue weighted by Crippen LogP contribution is 2.09. The number of hydrogen-bond acceptors (Lipinski definition) is 3. The third kappa shape index (κ3) is 4.39. The molecule has 0 aromatic rings. The Hall–Kier alpha value is -0.420. The first kappa shape index (κ1) is 13.0. The highest BCUT2D eigenvalue weighted by molar-refractivity contribution is 7.99. The van der Waals surface area contributed by atoms with Crippen LogP contribution in [0.1, 0.15) is 19.3 Å². The van der Waals surface area contributed by atoms with Crippen LogP contribution in [0, 0.1) is 0 Å². The quantitative estimate of drug-likeness (QED) is 0.460. The van der Waals surface area contributed by atoms with E-state index in [0.717, 1.165) is 32.0 Å². The topological polar surface area (TPSA) is 44.9 Å². The summed E-state index contributed by atoms with van der Waals surface area (Å²) in [6.07, 6.45) is 3.89. The molecule has 2 heterocycles. The Morgan fingerprint density at radius 1 is 1.12 bits per heavy atom. The molecule has 0 spiro atoms. The Labute approximate surface area is 109 Å². The van der Waals surface area contributed by atoms with E-state index in [2.05, 4.69) is 14.8 Å². The summed E-state index contributed by atoms with van der Waals surface area (Å²) in [7, 11) is 0. The molecule has 2 N–H and O–H groups in total. The average molecular weight is 256 g/mol. The Morgan fingerprint density at radius 3 is 2.53 bits per heavy atom. The van der Waals surface area contributed by atoms with E-state index >= 15 is 0 Å². The molecule has 0 aliphatic carbocycles. The molecule has 4 nitrogen and oxygen atoms in total. The molecular weight excluding hydrogens is 232 g/mol. The molecular formula is C12H24N4S. The maximum Gasteiger partial charge on any atom is 0.191 e. The third-order valence-electron chi connectivity index (χ3n) is 3.44. The normalized spacial score (nSPS) is 23.3. The molecule has 2 rings (SSSR count). The van der Waals surface area contributed by atoms with Crippen molar-refractivity contribution in [1.82, 2.24) is 9.80 Å². The molecule has 98 valence electrons. The van der Waals surface area contributed by atoms with Crippen LogP contribution in [0.3, 0.4) is 0 Å². The van der Waals surface area contributed by atoms with E-state index in [1.54, 1.807) is 0 Å². The summed E-state index contributed by atoms with van der Waals surface area (Å²) in [6.45, 7) is 6.75. The summed E-state index contributed by atoms with van der Waals surface area (Å²) in [5, 5.41) is 0. The lowest BCUT2D eigenvalue weighted by molar-refractivity contribution is 0.335. The van der Waals surface area contributed by atoms with Crippen LogP contribution in [0.15, 0.2) is 4.99 Å². The minimum atomic E-state index is 0.756. The van der Waals surface area contributed by atoms with Crippen LogP contribution < -0.4 is 5.73 Å². The fourth-order valence-electron chi connectivity index (χ4n) is 2.39. The highest BCUT2D eigenvalue weighted by Gasteiger charge is 2.12. The Kier molecular flexibility index (Phi) is 5.45. The maximum atomic E-state index is 6.00. The largest absolute Gasteiger partial charge is 0.370 e. The van der Waals surface area contributed by atoms with Crippen molar-refractivity contribution in [2.75, 3.05) is 50.8 Å². The molecule has 2 aliphatic heterocycles. The second kappa shape index (κ2) is 7.11. The molecule has 0 radical (unpaired) electrons. The van der Waals surface area contributed by atoms with E-state index in [-0.39, 0.29) is 0 Å².